The molecule has 1 aliphatic rings. The van der Waals surface area contributed by atoms with E-state index in [0.717, 1.165) is 25.0 Å². The maximum atomic E-state index is 13.6. The Kier molecular flexibility index (Phi) is 4.59. The Balaban J connectivity index is 1.89. The summed E-state index contributed by atoms with van der Waals surface area (Å²) in [6, 6.07) is 4.45. The number of alkyl halides is 4. The van der Waals surface area contributed by atoms with E-state index >= 15 is 0 Å². The molecular weight excluding hydrogens is 390 g/mol. The number of hydrogen-bond donors (Lipinski definition) is 1. The van der Waals surface area contributed by atoms with E-state index in [9.17, 15) is 22.4 Å². The summed E-state index contributed by atoms with van der Waals surface area (Å²) in [5.74, 6) is 0.419. The number of hydrogen-bond acceptors (Lipinski definition) is 4. The van der Waals surface area contributed by atoms with Gasteiger partial charge in [0.05, 0.1) is 11.6 Å². The monoisotopic (exact) mass is 409 g/mol. The number of benzene rings is 1. The lowest BCUT2D eigenvalue weighted by atomic mass is 10.0. The molecule has 1 N–H and O–H groups in total. The molecule has 2 aromatic heterocycles. The molecule has 1 aromatic carbocycles. The summed E-state index contributed by atoms with van der Waals surface area (Å²) < 4.78 is 53.8. The van der Waals surface area contributed by atoms with Crippen molar-refractivity contribution < 1.29 is 17.6 Å². The van der Waals surface area contributed by atoms with Crippen molar-refractivity contribution in [3.8, 4) is 0 Å². The van der Waals surface area contributed by atoms with E-state index in [-0.39, 0.29) is 28.6 Å². The first-order valence-corrected chi connectivity index (χ1v) is 9.12. The van der Waals surface area contributed by atoms with Crippen molar-refractivity contribution >= 4 is 17.0 Å². The molecule has 3 aromatic rings. The van der Waals surface area contributed by atoms with Gasteiger partial charge in [-0.25, -0.2) is 9.07 Å². The van der Waals surface area contributed by atoms with Gasteiger partial charge in [-0.15, -0.1) is 0 Å². The largest absolute Gasteiger partial charge is 0.416 e. The minimum Gasteiger partial charge on any atom is -0.348 e. The number of H-pyrrole nitrogens is 1. The Morgan fingerprint density at radius 3 is 2.41 bits per heavy atom. The fraction of sp³-hybridized carbons (Fsp3) is 0.421. The van der Waals surface area contributed by atoms with Crippen molar-refractivity contribution in [2.45, 2.75) is 31.7 Å². The van der Waals surface area contributed by atoms with Crippen LogP contribution in [-0.4, -0.2) is 33.8 Å². The quantitative estimate of drug-likeness (QED) is 0.653. The molecule has 0 unspecified atom stereocenters. The minimum absolute atomic E-state index is 0.0309. The normalized spacial score (nSPS) is 15.7. The van der Waals surface area contributed by atoms with E-state index in [0.29, 0.717) is 5.56 Å². The SMILES string of the molecule is CN(C)c1nc2c(c(CF)nn2[C@H](c2ccc(C(F)(F)F)cc2)C2CC2)c(=O)[nH]1. The number of halogens is 4. The third-order valence-electron chi connectivity index (χ3n) is 5.08. The molecule has 0 bridgehead atoms. The summed E-state index contributed by atoms with van der Waals surface area (Å²) in [5.41, 5.74) is -0.433. The van der Waals surface area contributed by atoms with E-state index < -0.39 is 30.0 Å². The molecular formula is C19H19F4N5O. The van der Waals surface area contributed by atoms with Crippen LogP contribution in [0.2, 0.25) is 0 Å². The van der Waals surface area contributed by atoms with Crippen molar-refractivity contribution in [1.82, 2.24) is 19.7 Å². The van der Waals surface area contributed by atoms with Crippen molar-refractivity contribution in [2.24, 2.45) is 5.92 Å². The first kappa shape index (κ1) is 19.4. The Hall–Kier alpha value is -2.91. The summed E-state index contributed by atoms with van der Waals surface area (Å²) in [6.07, 6.45) is -2.70. The lowest BCUT2D eigenvalue weighted by Gasteiger charge is -2.19. The third kappa shape index (κ3) is 3.47. The van der Waals surface area contributed by atoms with Gasteiger partial charge < -0.3 is 4.90 Å². The molecule has 1 aliphatic carbocycles. The number of aromatic nitrogens is 4. The van der Waals surface area contributed by atoms with Crippen molar-refractivity contribution in [3.05, 3.63) is 51.4 Å². The van der Waals surface area contributed by atoms with Gasteiger partial charge in [0.1, 0.15) is 17.8 Å². The summed E-state index contributed by atoms with van der Waals surface area (Å²) in [7, 11) is 3.41. The highest BCUT2D eigenvalue weighted by Crippen LogP contribution is 2.44. The Morgan fingerprint density at radius 2 is 1.90 bits per heavy atom. The van der Waals surface area contributed by atoms with Gasteiger partial charge in [-0.1, -0.05) is 12.1 Å². The highest BCUT2D eigenvalue weighted by atomic mass is 19.4. The highest BCUT2D eigenvalue weighted by molar-refractivity contribution is 5.78. The predicted molar refractivity (Wildman–Crippen MR) is 99.6 cm³/mol. The van der Waals surface area contributed by atoms with Gasteiger partial charge in [0, 0.05) is 14.1 Å². The first-order chi connectivity index (χ1) is 13.7. The van der Waals surface area contributed by atoms with Crippen molar-refractivity contribution in [3.63, 3.8) is 0 Å². The molecule has 0 spiro atoms. The Bertz CT molecular complexity index is 1100. The van der Waals surface area contributed by atoms with E-state index in [1.165, 1.54) is 16.8 Å². The standard InChI is InChI=1S/C19H19F4N5O/c1-27(2)18-24-16-14(17(29)25-18)13(9-20)26-28(16)15(10-3-4-10)11-5-7-12(8-6-11)19(21,22)23/h5-8,10,15H,3-4,9H2,1-2H3,(H,24,25,29)/t15-/m0/s1. The second-order valence-electron chi connectivity index (χ2n) is 7.41. The van der Waals surface area contributed by atoms with Crippen molar-refractivity contribution in [2.75, 3.05) is 19.0 Å². The number of fused-ring (bicyclic) bond motifs is 1. The van der Waals surface area contributed by atoms with Crippen molar-refractivity contribution in [1.29, 1.82) is 0 Å². The Morgan fingerprint density at radius 1 is 1.24 bits per heavy atom. The second-order valence-corrected chi connectivity index (χ2v) is 7.41. The predicted octanol–water partition coefficient (Wildman–Crippen LogP) is 3.67. The summed E-state index contributed by atoms with van der Waals surface area (Å²) in [4.78, 5) is 21.2. The van der Waals surface area contributed by atoms with Crippen LogP contribution >= 0.6 is 0 Å². The molecule has 154 valence electrons. The molecule has 29 heavy (non-hydrogen) atoms. The highest BCUT2D eigenvalue weighted by Gasteiger charge is 2.37. The lowest BCUT2D eigenvalue weighted by Crippen LogP contribution is -2.21. The van der Waals surface area contributed by atoms with Crippen LogP contribution in [0.1, 0.15) is 35.7 Å². The fourth-order valence-corrected chi connectivity index (χ4v) is 3.50. The fourth-order valence-electron chi connectivity index (χ4n) is 3.50. The van der Waals surface area contributed by atoms with Crippen LogP contribution in [0.4, 0.5) is 23.5 Å². The molecule has 4 rings (SSSR count). The zero-order chi connectivity index (χ0) is 20.9. The zero-order valence-electron chi connectivity index (χ0n) is 15.8. The molecule has 2 heterocycles. The van der Waals surface area contributed by atoms with Gasteiger partial charge >= 0.3 is 6.18 Å². The van der Waals surface area contributed by atoms with Crippen LogP contribution in [0, 0.1) is 5.92 Å². The average molecular weight is 409 g/mol. The smallest absolute Gasteiger partial charge is 0.348 e. The topological polar surface area (TPSA) is 66.8 Å². The lowest BCUT2D eigenvalue weighted by molar-refractivity contribution is -0.137. The van der Waals surface area contributed by atoms with Crippen LogP contribution in [0.25, 0.3) is 11.0 Å². The minimum atomic E-state index is -4.43. The van der Waals surface area contributed by atoms with Gasteiger partial charge in [0.25, 0.3) is 5.56 Å². The summed E-state index contributed by atoms with van der Waals surface area (Å²) in [5, 5.41) is 4.36. The van der Waals surface area contributed by atoms with Gasteiger partial charge in [-0.3, -0.25) is 9.78 Å². The van der Waals surface area contributed by atoms with Crippen LogP contribution in [0.5, 0.6) is 0 Å². The average Bonchev–Trinajstić information content (AvgIpc) is 3.42. The molecule has 0 saturated heterocycles. The summed E-state index contributed by atoms with van der Waals surface area (Å²) >= 11 is 0. The maximum absolute atomic E-state index is 13.6. The molecule has 10 heteroatoms. The van der Waals surface area contributed by atoms with Gasteiger partial charge in [0.2, 0.25) is 5.95 Å². The van der Waals surface area contributed by atoms with Gasteiger partial charge in [-0.05, 0) is 36.5 Å². The van der Waals surface area contributed by atoms with Gasteiger partial charge in [-0.2, -0.15) is 23.3 Å². The zero-order valence-corrected chi connectivity index (χ0v) is 15.8. The molecule has 0 amide bonds. The number of nitrogens with zero attached hydrogens (tertiary/aromatic N) is 4. The number of nitrogens with one attached hydrogen (secondary N) is 1. The van der Waals surface area contributed by atoms with Crippen LogP contribution < -0.4 is 10.5 Å². The maximum Gasteiger partial charge on any atom is 0.416 e. The molecule has 0 radical (unpaired) electrons. The van der Waals surface area contributed by atoms with Crippen LogP contribution in [-0.2, 0) is 12.9 Å². The first-order valence-electron chi connectivity index (χ1n) is 9.12. The Labute approximate surface area is 163 Å². The molecule has 1 saturated carbocycles. The van der Waals surface area contributed by atoms with E-state index in [4.69, 9.17) is 0 Å². The van der Waals surface area contributed by atoms with E-state index in [1.54, 1.807) is 19.0 Å². The second kappa shape index (κ2) is 6.85. The van der Waals surface area contributed by atoms with Crippen LogP contribution in [0.3, 0.4) is 0 Å². The number of rotatable bonds is 5. The molecule has 0 aliphatic heterocycles. The summed E-state index contributed by atoms with van der Waals surface area (Å²) in [6.45, 7) is -0.944. The molecule has 1 fully saturated rings. The molecule has 1 atom stereocenters. The third-order valence-corrected chi connectivity index (χ3v) is 5.08. The number of aromatic amines is 1. The number of anilines is 1. The van der Waals surface area contributed by atoms with E-state index in [2.05, 4.69) is 15.1 Å². The van der Waals surface area contributed by atoms with Crippen LogP contribution in [0.15, 0.2) is 29.1 Å². The van der Waals surface area contributed by atoms with E-state index in [1.807, 2.05) is 0 Å². The van der Waals surface area contributed by atoms with Gasteiger partial charge in [0.15, 0.2) is 5.65 Å². The molecule has 6 nitrogen and oxygen atoms in total.